The van der Waals surface area contributed by atoms with E-state index < -0.39 is 0 Å². The predicted molar refractivity (Wildman–Crippen MR) is 35.4 cm³/mol. The molecule has 0 nitrogen and oxygen atoms in total. The topological polar surface area (TPSA) is 0 Å². The average Bonchev–Trinajstić information content (AvgIpc) is 2.19. The SMILES string of the molecule is CCCC1=[C-]CC=C1.[Hf]. The normalized spacial score (nSPS) is 15.0. The smallest absolute Gasteiger partial charge is 0 e. The Morgan fingerprint density at radius 2 is 2.44 bits per heavy atom. The van der Waals surface area contributed by atoms with Gasteiger partial charge in [0.1, 0.15) is 0 Å². The number of hydrogen-bond acceptors (Lipinski definition) is 0. The summed E-state index contributed by atoms with van der Waals surface area (Å²) in [6.45, 7) is 2.20. The van der Waals surface area contributed by atoms with Crippen LogP contribution in [0.25, 0.3) is 0 Å². The molecule has 0 N–H and O–H groups in total. The predicted octanol–water partition coefficient (Wildman–Crippen LogP) is 2.47. The molecule has 0 aromatic rings. The quantitative estimate of drug-likeness (QED) is 0.540. The first-order valence-corrected chi connectivity index (χ1v) is 3.19. The van der Waals surface area contributed by atoms with Gasteiger partial charge in [0.05, 0.1) is 0 Å². The standard InChI is InChI=1S/C8H11.Hf/c1-2-5-8-6-3-4-7-8;/h3,6H,2,4-5H2,1H3;/q-1;. The van der Waals surface area contributed by atoms with E-state index in [4.69, 9.17) is 0 Å². The second kappa shape index (κ2) is 5.16. The van der Waals surface area contributed by atoms with Gasteiger partial charge in [-0.05, 0) is 0 Å². The number of allylic oxidation sites excluding steroid dienone is 4. The molecule has 0 spiro atoms. The molecular formula is C8H11Hf-. The van der Waals surface area contributed by atoms with Gasteiger partial charge in [-0.2, -0.15) is 6.08 Å². The van der Waals surface area contributed by atoms with Gasteiger partial charge in [0.25, 0.3) is 0 Å². The van der Waals surface area contributed by atoms with Crippen LogP contribution in [0.15, 0.2) is 17.7 Å². The molecule has 0 saturated carbocycles. The van der Waals surface area contributed by atoms with Crippen molar-refractivity contribution in [1.29, 1.82) is 0 Å². The van der Waals surface area contributed by atoms with Gasteiger partial charge in [-0.25, -0.2) is 11.6 Å². The molecule has 0 heterocycles. The van der Waals surface area contributed by atoms with Crippen molar-refractivity contribution in [3.05, 3.63) is 23.8 Å². The van der Waals surface area contributed by atoms with Crippen molar-refractivity contribution in [3.63, 3.8) is 0 Å². The Morgan fingerprint density at radius 1 is 1.67 bits per heavy atom. The maximum absolute atomic E-state index is 3.26. The van der Waals surface area contributed by atoms with Gasteiger partial charge < -0.3 is 0 Å². The van der Waals surface area contributed by atoms with Crippen LogP contribution in [0.3, 0.4) is 0 Å². The van der Waals surface area contributed by atoms with Crippen molar-refractivity contribution in [2.45, 2.75) is 26.2 Å². The maximum atomic E-state index is 3.26. The van der Waals surface area contributed by atoms with Crippen LogP contribution >= 0.6 is 0 Å². The van der Waals surface area contributed by atoms with Gasteiger partial charge in [0.2, 0.25) is 0 Å². The molecule has 1 aliphatic carbocycles. The largest absolute Gasteiger partial charge is 0.269 e. The Bertz CT molecular complexity index is 123. The van der Waals surface area contributed by atoms with E-state index >= 15 is 0 Å². The molecule has 0 aromatic carbocycles. The Morgan fingerprint density at radius 3 is 2.89 bits per heavy atom. The molecule has 48 valence electrons. The van der Waals surface area contributed by atoms with Crippen LogP contribution in [0.2, 0.25) is 0 Å². The number of hydrogen-bond donors (Lipinski definition) is 0. The minimum absolute atomic E-state index is 0. The van der Waals surface area contributed by atoms with Crippen molar-refractivity contribution in [3.8, 4) is 0 Å². The third-order valence-electron chi connectivity index (χ3n) is 1.29. The summed E-state index contributed by atoms with van der Waals surface area (Å²) in [5.74, 6) is 0. The molecule has 0 radical (unpaired) electrons. The van der Waals surface area contributed by atoms with Gasteiger partial charge in [-0.3, -0.25) is 6.08 Å². The van der Waals surface area contributed by atoms with Crippen LogP contribution in [-0.2, 0) is 25.8 Å². The first-order valence-electron chi connectivity index (χ1n) is 3.19. The second-order valence-corrected chi connectivity index (χ2v) is 2.06. The first kappa shape index (κ1) is 9.35. The van der Waals surface area contributed by atoms with Crippen molar-refractivity contribution in [2.24, 2.45) is 0 Å². The van der Waals surface area contributed by atoms with Crippen LogP contribution in [0, 0.1) is 6.08 Å². The Balaban J connectivity index is 0.000000640. The van der Waals surface area contributed by atoms with Crippen LogP contribution < -0.4 is 0 Å². The van der Waals surface area contributed by atoms with Crippen molar-refractivity contribution in [2.75, 3.05) is 0 Å². The zero-order valence-corrected chi connectivity index (χ0v) is 9.37. The summed E-state index contributed by atoms with van der Waals surface area (Å²) in [4.78, 5) is 0. The minimum atomic E-state index is 0. The van der Waals surface area contributed by atoms with E-state index in [1.807, 2.05) is 0 Å². The molecule has 0 amide bonds. The molecule has 0 fully saturated rings. The van der Waals surface area contributed by atoms with Gasteiger partial charge in [0.15, 0.2) is 0 Å². The zero-order valence-electron chi connectivity index (χ0n) is 5.78. The summed E-state index contributed by atoms with van der Waals surface area (Å²) in [5.41, 5.74) is 1.40. The van der Waals surface area contributed by atoms with Crippen LogP contribution in [0.4, 0.5) is 0 Å². The molecule has 0 saturated heterocycles. The fraction of sp³-hybridized carbons (Fsp3) is 0.500. The molecule has 0 aromatic heterocycles. The van der Waals surface area contributed by atoms with E-state index in [1.165, 1.54) is 18.4 Å². The van der Waals surface area contributed by atoms with Crippen molar-refractivity contribution < 1.29 is 25.8 Å². The van der Waals surface area contributed by atoms with E-state index in [0.29, 0.717) is 0 Å². The molecule has 0 atom stereocenters. The van der Waals surface area contributed by atoms with Crippen molar-refractivity contribution >= 4 is 0 Å². The molecule has 0 unspecified atom stereocenters. The van der Waals surface area contributed by atoms with E-state index in [-0.39, 0.29) is 25.8 Å². The molecule has 0 aliphatic heterocycles. The Labute approximate surface area is 75.8 Å². The van der Waals surface area contributed by atoms with E-state index in [1.54, 1.807) is 0 Å². The summed E-state index contributed by atoms with van der Waals surface area (Å²) >= 11 is 0. The van der Waals surface area contributed by atoms with Gasteiger partial charge >= 0.3 is 0 Å². The summed E-state index contributed by atoms with van der Waals surface area (Å²) in [5, 5.41) is 0. The maximum Gasteiger partial charge on any atom is 0 e. The fourth-order valence-electron chi connectivity index (χ4n) is 0.891. The molecule has 9 heavy (non-hydrogen) atoms. The Hall–Kier alpha value is 0.350. The second-order valence-electron chi connectivity index (χ2n) is 2.06. The van der Waals surface area contributed by atoms with E-state index in [9.17, 15) is 0 Å². The summed E-state index contributed by atoms with van der Waals surface area (Å²) in [6, 6.07) is 0. The number of rotatable bonds is 2. The van der Waals surface area contributed by atoms with E-state index in [2.05, 4.69) is 25.2 Å². The van der Waals surface area contributed by atoms with Gasteiger partial charge in [-0.1, -0.05) is 19.8 Å². The van der Waals surface area contributed by atoms with Crippen LogP contribution in [0.1, 0.15) is 26.2 Å². The third-order valence-corrected chi connectivity index (χ3v) is 1.29. The van der Waals surface area contributed by atoms with Crippen LogP contribution in [-0.4, -0.2) is 0 Å². The molecule has 1 heteroatoms. The third kappa shape index (κ3) is 3.14. The molecular weight excluding hydrogens is 275 g/mol. The summed E-state index contributed by atoms with van der Waals surface area (Å²) < 4.78 is 0. The minimum Gasteiger partial charge on any atom is -0.269 e. The molecule has 1 aliphatic rings. The fourth-order valence-corrected chi connectivity index (χ4v) is 0.891. The zero-order chi connectivity index (χ0) is 5.82. The van der Waals surface area contributed by atoms with Gasteiger partial charge in [0, 0.05) is 25.8 Å². The molecule has 0 bridgehead atoms. The first-order chi connectivity index (χ1) is 3.93. The van der Waals surface area contributed by atoms with Crippen molar-refractivity contribution in [1.82, 2.24) is 0 Å². The summed E-state index contributed by atoms with van der Waals surface area (Å²) in [7, 11) is 0. The summed E-state index contributed by atoms with van der Waals surface area (Å²) in [6.07, 6.45) is 11.1. The van der Waals surface area contributed by atoms with E-state index in [0.717, 1.165) is 6.42 Å². The molecule has 1 rings (SSSR count). The Kier molecular flexibility index (Phi) is 5.36. The average molecular weight is 286 g/mol. The van der Waals surface area contributed by atoms with Crippen LogP contribution in [0.5, 0.6) is 0 Å². The van der Waals surface area contributed by atoms with Gasteiger partial charge in [-0.15, -0.1) is 6.42 Å². The monoisotopic (exact) mass is 287 g/mol.